The summed E-state index contributed by atoms with van der Waals surface area (Å²) in [5.74, 6) is -1.12. The van der Waals surface area contributed by atoms with Crippen molar-refractivity contribution in [3.8, 4) is 0 Å². The summed E-state index contributed by atoms with van der Waals surface area (Å²) in [6, 6.07) is 5.43. The van der Waals surface area contributed by atoms with Crippen molar-refractivity contribution >= 4 is 34.8 Å². The van der Waals surface area contributed by atoms with Gasteiger partial charge in [-0.25, -0.2) is 4.39 Å². The second-order valence-corrected chi connectivity index (χ2v) is 4.28. The first-order valence-electron chi connectivity index (χ1n) is 4.94. The van der Waals surface area contributed by atoms with E-state index in [2.05, 4.69) is 10.3 Å². The standard InChI is InChI=1S/C12H7Cl2FN2O/c13-7-1-2-11(10(15)5-7)17-12(18)8-3-4-16-6-9(8)14/h1-6H,(H,17,18). The van der Waals surface area contributed by atoms with Crippen LogP contribution in [0.25, 0.3) is 0 Å². The molecule has 0 spiro atoms. The molecule has 1 aromatic heterocycles. The van der Waals surface area contributed by atoms with Crippen molar-refractivity contribution in [2.24, 2.45) is 0 Å². The van der Waals surface area contributed by atoms with Gasteiger partial charge >= 0.3 is 0 Å². The number of amides is 1. The highest BCUT2D eigenvalue weighted by molar-refractivity contribution is 6.34. The second-order valence-electron chi connectivity index (χ2n) is 3.43. The molecule has 0 saturated heterocycles. The number of halogens is 3. The van der Waals surface area contributed by atoms with Crippen molar-refractivity contribution in [2.75, 3.05) is 5.32 Å². The minimum atomic E-state index is -0.610. The molecule has 0 radical (unpaired) electrons. The van der Waals surface area contributed by atoms with E-state index in [1.807, 2.05) is 0 Å². The zero-order chi connectivity index (χ0) is 13.1. The maximum atomic E-state index is 13.5. The number of aromatic nitrogens is 1. The van der Waals surface area contributed by atoms with E-state index < -0.39 is 11.7 Å². The van der Waals surface area contributed by atoms with Gasteiger partial charge in [0.15, 0.2) is 0 Å². The maximum absolute atomic E-state index is 13.5. The monoisotopic (exact) mass is 284 g/mol. The summed E-state index contributed by atoms with van der Waals surface area (Å²) in [6.07, 6.45) is 2.77. The fraction of sp³-hybridized carbons (Fsp3) is 0. The van der Waals surface area contributed by atoms with E-state index in [4.69, 9.17) is 23.2 Å². The Hall–Kier alpha value is -1.65. The predicted octanol–water partition coefficient (Wildman–Crippen LogP) is 3.78. The van der Waals surface area contributed by atoms with E-state index in [0.29, 0.717) is 0 Å². The minimum absolute atomic E-state index is 0.0391. The fourth-order valence-electron chi connectivity index (χ4n) is 1.34. The Morgan fingerprint density at radius 3 is 2.72 bits per heavy atom. The maximum Gasteiger partial charge on any atom is 0.257 e. The van der Waals surface area contributed by atoms with Gasteiger partial charge in [-0.15, -0.1) is 0 Å². The minimum Gasteiger partial charge on any atom is -0.319 e. The topological polar surface area (TPSA) is 42.0 Å². The number of hydrogen-bond donors (Lipinski definition) is 1. The molecule has 0 aliphatic heterocycles. The van der Waals surface area contributed by atoms with Crippen LogP contribution < -0.4 is 5.32 Å². The fourth-order valence-corrected chi connectivity index (χ4v) is 1.70. The molecular weight excluding hydrogens is 278 g/mol. The smallest absolute Gasteiger partial charge is 0.257 e. The highest BCUT2D eigenvalue weighted by Crippen LogP contribution is 2.21. The Morgan fingerprint density at radius 2 is 2.06 bits per heavy atom. The zero-order valence-corrected chi connectivity index (χ0v) is 10.5. The number of nitrogens with zero attached hydrogens (tertiary/aromatic N) is 1. The highest BCUT2D eigenvalue weighted by Gasteiger charge is 2.12. The summed E-state index contributed by atoms with van der Waals surface area (Å²) >= 11 is 11.4. The van der Waals surface area contributed by atoms with E-state index in [-0.39, 0.29) is 21.3 Å². The lowest BCUT2D eigenvalue weighted by Crippen LogP contribution is -2.13. The third kappa shape index (κ3) is 2.78. The molecule has 2 aromatic rings. The first kappa shape index (κ1) is 12.8. The van der Waals surface area contributed by atoms with Gasteiger partial charge in [0.1, 0.15) is 5.82 Å². The summed E-state index contributed by atoms with van der Waals surface area (Å²) in [5, 5.41) is 2.87. The molecule has 6 heteroatoms. The van der Waals surface area contributed by atoms with Crippen LogP contribution in [-0.4, -0.2) is 10.9 Å². The summed E-state index contributed by atoms with van der Waals surface area (Å²) in [7, 11) is 0. The number of pyridine rings is 1. The van der Waals surface area contributed by atoms with Gasteiger partial charge in [0.2, 0.25) is 0 Å². The molecule has 1 amide bonds. The Morgan fingerprint density at radius 1 is 1.28 bits per heavy atom. The second kappa shape index (κ2) is 5.33. The van der Waals surface area contributed by atoms with Crippen LogP contribution in [-0.2, 0) is 0 Å². The van der Waals surface area contributed by atoms with Gasteiger partial charge in [0.05, 0.1) is 16.3 Å². The van der Waals surface area contributed by atoms with Crippen molar-refractivity contribution in [3.63, 3.8) is 0 Å². The SMILES string of the molecule is O=C(Nc1ccc(Cl)cc1F)c1ccncc1Cl. The number of benzene rings is 1. The van der Waals surface area contributed by atoms with Gasteiger partial charge in [-0.05, 0) is 24.3 Å². The van der Waals surface area contributed by atoms with E-state index in [0.717, 1.165) is 6.07 Å². The molecule has 0 aliphatic rings. The molecular formula is C12H7Cl2FN2O. The number of hydrogen-bond acceptors (Lipinski definition) is 2. The first-order valence-corrected chi connectivity index (χ1v) is 5.69. The van der Waals surface area contributed by atoms with Gasteiger partial charge < -0.3 is 5.32 Å². The van der Waals surface area contributed by atoms with Gasteiger partial charge in [0.25, 0.3) is 5.91 Å². The number of anilines is 1. The third-order valence-corrected chi connectivity index (χ3v) is 2.73. The summed E-state index contributed by atoms with van der Waals surface area (Å²) < 4.78 is 13.5. The van der Waals surface area contributed by atoms with Crippen LogP contribution in [0.15, 0.2) is 36.7 Å². The van der Waals surface area contributed by atoms with Crippen LogP contribution in [0.1, 0.15) is 10.4 Å². The molecule has 2 rings (SSSR count). The van der Waals surface area contributed by atoms with Crippen LogP contribution in [0.5, 0.6) is 0 Å². The predicted molar refractivity (Wildman–Crippen MR) is 68.6 cm³/mol. The lowest BCUT2D eigenvalue weighted by Gasteiger charge is -2.07. The van der Waals surface area contributed by atoms with Crippen LogP contribution in [0.4, 0.5) is 10.1 Å². The van der Waals surface area contributed by atoms with Crippen molar-refractivity contribution in [1.29, 1.82) is 0 Å². The molecule has 0 atom stereocenters. The van der Waals surface area contributed by atoms with E-state index in [1.165, 1.54) is 30.6 Å². The Balaban J connectivity index is 2.24. The van der Waals surface area contributed by atoms with Crippen LogP contribution in [0.3, 0.4) is 0 Å². The zero-order valence-electron chi connectivity index (χ0n) is 8.95. The summed E-state index contributed by atoms with van der Waals surface area (Å²) in [6.45, 7) is 0. The van der Waals surface area contributed by atoms with Gasteiger partial charge in [-0.1, -0.05) is 23.2 Å². The van der Waals surface area contributed by atoms with E-state index >= 15 is 0 Å². The van der Waals surface area contributed by atoms with Crippen LogP contribution >= 0.6 is 23.2 Å². The largest absolute Gasteiger partial charge is 0.319 e. The molecule has 0 fully saturated rings. The average molecular weight is 285 g/mol. The van der Waals surface area contributed by atoms with Crippen molar-refractivity contribution in [2.45, 2.75) is 0 Å². The molecule has 1 heterocycles. The molecule has 0 bridgehead atoms. The lowest BCUT2D eigenvalue weighted by atomic mass is 10.2. The van der Waals surface area contributed by atoms with Crippen molar-refractivity contribution < 1.29 is 9.18 Å². The van der Waals surface area contributed by atoms with Gasteiger partial charge in [-0.3, -0.25) is 9.78 Å². The molecule has 92 valence electrons. The normalized spacial score (nSPS) is 10.2. The van der Waals surface area contributed by atoms with Gasteiger partial charge in [-0.2, -0.15) is 0 Å². The van der Waals surface area contributed by atoms with E-state index in [1.54, 1.807) is 0 Å². The van der Waals surface area contributed by atoms with Crippen molar-refractivity contribution in [1.82, 2.24) is 4.98 Å². The van der Waals surface area contributed by atoms with Crippen LogP contribution in [0, 0.1) is 5.82 Å². The molecule has 0 saturated carbocycles. The summed E-state index contributed by atoms with van der Waals surface area (Å²) in [5.41, 5.74) is 0.262. The Labute approximate surface area is 113 Å². The number of carbonyl (C=O) groups is 1. The molecule has 1 aromatic carbocycles. The number of nitrogens with one attached hydrogen (secondary N) is 1. The highest BCUT2D eigenvalue weighted by atomic mass is 35.5. The molecule has 0 unspecified atom stereocenters. The Kier molecular flexibility index (Phi) is 3.79. The van der Waals surface area contributed by atoms with E-state index in [9.17, 15) is 9.18 Å². The summed E-state index contributed by atoms with van der Waals surface area (Å²) in [4.78, 5) is 15.6. The Bertz CT molecular complexity index is 604. The average Bonchev–Trinajstić information content (AvgIpc) is 2.33. The third-order valence-electron chi connectivity index (χ3n) is 2.20. The molecule has 1 N–H and O–H groups in total. The number of carbonyl (C=O) groups excluding carboxylic acids is 1. The van der Waals surface area contributed by atoms with Gasteiger partial charge in [0, 0.05) is 17.4 Å². The molecule has 3 nitrogen and oxygen atoms in total. The first-order chi connectivity index (χ1) is 8.58. The molecule has 18 heavy (non-hydrogen) atoms. The van der Waals surface area contributed by atoms with Crippen LogP contribution in [0.2, 0.25) is 10.0 Å². The number of rotatable bonds is 2. The van der Waals surface area contributed by atoms with Crippen molar-refractivity contribution in [3.05, 3.63) is 58.1 Å². The lowest BCUT2D eigenvalue weighted by molar-refractivity contribution is 0.102. The quantitative estimate of drug-likeness (QED) is 0.912. The molecule has 0 aliphatic carbocycles.